The van der Waals surface area contributed by atoms with Gasteiger partial charge in [-0.25, -0.2) is 0 Å². The topological polar surface area (TPSA) is 19.0 Å². The lowest BCUT2D eigenvalue weighted by atomic mass is 10.0. The number of hydrogen-bond donors (Lipinski definition) is 1. The van der Waals surface area contributed by atoms with E-state index in [9.17, 15) is 0 Å². The van der Waals surface area contributed by atoms with Gasteiger partial charge in [0.2, 0.25) is 0 Å². The minimum absolute atomic E-state index is 1.14. The highest BCUT2D eigenvalue weighted by Gasteiger charge is 2.15. The van der Waals surface area contributed by atoms with Crippen LogP contribution in [-0.4, -0.2) is 4.98 Å². The fraction of sp³-hybridized carbons (Fsp3) is 0.0286. The Morgan fingerprint density at radius 1 is 0.486 bits per heavy atom. The summed E-state index contributed by atoms with van der Waals surface area (Å²) in [4.78, 5) is 5.88. The number of nitrogens with one attached hydrogen (secondary N) is 1. The van der Waals surface area contributed by atoms with Crippen molar-refractivity contribution in [3.05, 3.63) is 139 Å². The van der Waals surface area contributed by atoms with E-state index in [1.807, 2.05) is 0 Å². The SMILES string of the molecule is Cc1ccccc1N(c1ccc(-c2ccc3[nH]c4ccccc4c3c2)cc1)c1ccc2ccccc2c1. The number of anilines is 3. The third-order valence-corrected chi connectivity index (χ3v) is 7.31. The highest BCUT2D eigenvalue weighted by atomic mass is 15.1. The Bertz CT molecular complexity index is 1890. The molecule has 1 aromatic heterocycles. The van der Waals surface area contributed by atoms with Gasteiger partial charge in [0.15, 0.2) is 0 Å². The molecule has 37 heavy (non-hydrogen) atoms. The molecule has 1 N–H and O–H groups in total. The van der Waals surface area contributed by atoms with Crippen molar-refractivity contribution in [2.24, 2.45) is 0 Å². The predicted octanol–water partition coefficient (Wildman–Crippen LogP) is 9.92. The average molecular weight is 475 g/mol. The number of H-pyrrole nitrogens is 1. The quantitative estimate of drug-likeness (QED) is 0.269. The van der Waals surface area contributed by atoms with Crippen molar-refractivity contribution in [1.29, 1.82) is 0 Å². The van der Waals surface area contributed by atoms with Crippen LogP contribution in [0.15, 0.2) is 133 Å². The molecule has 0 spiro atoms. The Morgan fingerprint density at radius 3 is 2.03 bits per heavy atom. The van der Waals surface area contributed by atoms with Crippen molar-refractivity contribution in [2.45, 2.75) is 6.92 Å². The summed E-state index contributed by atoms with van der Waals surface area (Å²) < 4.78 is 0. The molecule has 0 saturated heterocycles. The highest BCUT2D eigenvalue weighted by molar-refractivity contribution is 6.08. The van der Waals surface area contributed by atoms with Crippen molar-refractivity contribution < 1.29 is 0 Å². The minimum atomic E-state index is 1.14. The van der Waals surface area contributed by atoms with Gasteiger partial charge >= 0.3 is 0 Å². The third kappa shape index (κ3) is 3.75. The van der Waals surface area contributed by atoms with Crippen LogP contribution in [0.4, 0.5) is 17.1 Å². The molecule has 1 heterocycles. The van der Waals surface area contributed by atoms with E-state index in [0.29, 0.717) is 0 Å². The maximum atomic E-state index is 3.53. The largest absolute Gasteiger partial charge is 0.355 e. The molecule has 0 fully saturated rings. The van der Waals surface area contributed by atoms with Crippen LogP contribution in [0, 0.1) is 6.92 Å². The van der Waals surface area contributed by atoms with Gasteiger partial charge in [-0.05, 0) is 82.9 Å². The fourth-order valence-corrected chi connectivity index (χ4v) is 5.39. The monoisotopic (exact) mass is 474 g/mol. The van der Waals surface area contributed by atoms with E-state index >= 15 is 0 Å². The number of aryl methyl sites for hydroxylation is 1. The van der Waals surface area contributed by atoms with Crippen LogP contribution in [0.3, 0.4) is 0 Å². The van der Waals surface area contributed by atoms with E-state index in [-0.39, 0.29) is 0 Å². The lowest BCUT2D eigenvalue weighted by molar-refractivity contribution is 1.25. The van der Waals surface area contributed by atoms with Gasteiger partial charge in [-0.1, -0.05) is 84.9 Å². The zero-order valence-electron chi connectivity index (χ0n) is 20.6. The van der Waals surface area contributed by atoms with Gasteiger partial charge in [-0.3, -0.25) is 0 Å². The van der Waals surface area contributed by atoms with Gasteiger partial charge in [0.25, 0.3) is 0 Å². The average Bonchev–Trinajstić information content (AvgIpc) is 3.32. The molecule has 176 valence electrons. The number of hydrogen-bond acceptors (Lipinski definition) is 1. The van der Waals surface area contributed by atoms with Crippen molar-refractivity contribution in [2.75, 3.05) is 4.90 Å². The van der Waals surface area contributed by atoms with Crippen molar-refractivity contribution in [3.63, 3.8) is 0 Å². The highest BCUT2D eigenvalue weighted by Crippen LogP contribution is 2.39. The van der Waals surface area contributed by atoms with Crippen LogP contribution in [0.2, 0.25) is 0 Å². The van der Waals surface area contributed by atoms with E-state index in [1.54, 1.807) is 0 Å². The number of aromatic nitrogens is 1. The summed E-state index contributed by atoms with van der Waals surface area (Å²) >= 11 is 0. The van der Waals surface area contributed by atoms with Crippen LogP contribution in [0.1, 0.15) is 5.56 Å². The Kier molecular flexibility index (Phi) is 5.04. The third-order valence-electron chi connectivity index (χ3n) is 7.31. The Hall–Kier alpha value is -4.82. The first-order chi connectivity index (χ1) is 18.2. The van der Waals surface area contributed by atoms with Gasteiger partial charge in [-0.15, -0.1) is 0 Å². The van der Waals surface area contributed by atoms with Gasteiger partial charge in [0.1, 0.15) is 0 Å². The molecular weight excluding hydrogens is 448 g/mol. The van der Waals surface area contributed by atoms with E-state index in [2.05, 4.69) is 150 Å². The van der Waals surface area contributed by atoms with Crippen molar-refractivity contribution in [3.8, 4) is 11.1 Å². The van der Waals surface area contributed by atoms with Crippen LogP contribution >= 0.6 is 0 Å². The maximum absolute atomic E-state index is 3.53. The first-order valence-electron chi connectivity index (χ1n) is 12.7. The zero-order valence-corrected chi connectivity index (χ0v) is 20.6. The number of nitrogens with zero attached hydrogens (tertiary/aromatic N) is 1. The summed E-state index contributed by atoms with van der Waals surface area (Å²) in [7, 11) is 0. The first kappa shape index (κ1) is 21.5. The number of rotatable bonds is 4. The van der Waals surface area contributed by atoms with Crippen LogP contribution < -0.4 is 4.90 Å². The second-order valence-corrected chi connectivity index (χ2v) is 9.63. The molecule has 0 aliphatic heterocycles. The minimum Gasteiger partial charge on any atom is -0.355 e. The summed E-state index contributed by atoms with van der Waals surface area (Å²) in [5.41, 5.74) is 9.49. The zero-order chi connectivity index (χ0) is 24.8. The van der Waals surface area contributed by atoms with E-state index in [1.165, 1.54) is 55.0 Å². The molecule has 0 aliphatic carbocycles. The molecule has 0 atom stereocenters. The fourth-order valence-electron chi connectivity index (χ4n) is 5.39. The molecule has 2 heteroatoms. The number of fused-ring (bicyclic) bond motifs is 4. The Labute approximate surface area is 216 Å². The molecule has 0 aliphatic rings. The van der Waals surface area contributed by atoms with Gasteiger partial charge in [0, 0.05) is 38.9 Å². The maximum Gasteiger partial charge on any atom is 0.0490 e. The molecule has 0 bridgehead atoms. The number of benzene rings is 6. The molecule has 0 radical (unpaired) electrons. The molecule has 7 aromatic rings. The molecule has 7 rings (SSSR count). The second kappa shape index (κ2) is 8.69. The van der Waals surface area contributed by atoms with E-state index < -0.39 is 0 Å². The smallest absolute Gasteiger partial charge is 0.0490 e. The summed E-state index contributed by atoms with van der Waals surface area (Å²) in [6, 6.07) is 47.9. The summed E-state index contributed by atoms with van der Waals surface area (Å²) in [5, 5.41) is 5.01. The molecule has 0 saturated carbocycles. The molecule has 6 aromatic carbocycles. The van der Waals surface area contributed by atoms with Gasteiger partial charge in [-0.2, -0.15) is 0 Å². The van der Waals surface area contributed by atoms with Crippen LogP contribution in [0.25, 0.3) is 43.7 Å². The standard InChI is InChI=1S/C35H26N2/c1-24-8-2-7-13-35(24)37(30-20-16-25-9-3-4-10-27(25)22-30)29-18-14-26(15-19-29)28-17-21-34-32(23-28)31-11-5-6-12-33(31)36-34/h2-23,36H,1H3. The lowest BCUT2D eigenvalue weighted by Gasteiger charge is -2.27. The molecule has 0 unspecified atom stereocenters. The summed E-state index contributed by atoms with van der Waals surface area (Å²) in [5.74, 6) is 0. The van der Waals surface area contributed by atoms with E-state index in [4.69, 9.17) is 0 Å². The Balaban J connectivity index is 1.33. The second-order valence-electron chi connectivity index (χ2n) is 9.63. The number of para-hydroxylation sites is 2. The summed E-state index contributed by atoms with van der Waals surface area (Å²) in [6.45, 7) is 2.17. The molecule has 2 nitrogen and oxygen atoms in total. The normalized spacial score (nSPS) is 11.4. The van der Waals surface area contributed by atoms with Crippen LogP contribution in [0.5, 0.6) is 0 Å². The van der Waals surface area contributed by atoms with Crippen LogP contribution in [-0.2, 0) is 0 Å². The molecular formula is C35H26N2. The van der Waals surface area contributed by atoms with Crippen molar-refractivity contribution in [1.82, 2.24) is 4.98 Å². The van der Waals surface area contributed by atoms with Gasteiger partial charge < -0.3 is 9.88 Å². The number of aromatic amines is 1. The van der Waals surface area contributed by atoms with Crippen molar-refractivity contribution >= 4 is 49.6 Å². The summed E-state index contributed by atoms with van der Waals surface area (Å²) in [6.07, 6.45) is 0. The molecule has 0 amide bonds. The van der Waals surface area contributed by atoms with E-state index in [0.717, 1.165) is 11.4 Å². The Morgan fingerprint density at radius 2 is 1.16 bits per heavy atom. The lowest BCUT2D eigenvalue weighted by Crippen LogP contribution is -2.11. The van der Waals surface area contributed by atoms with Gasteiger partial charge in [0.05, 0.1) is 0 Å². The first-order valence-corrected chi connectivity index (χ1v) is 12.7. The predicted molar refractivity (Wildman–Crippen MR) is 158 cm³/mol.